The molecule has 0 amide bonds. The summed E-state index contributed by atoms with van der Waals surface area (Å²) in [6.45, 7) is 3.57. The van der Waals surface area contributed by atoms with Crippen molar-refractivity contribution in [3.8, 4) is 5.95 Å². The van der Waals surface area contributed by atoms with Gasteiger partial charge >= 0.3 is 5.97 Å². The number of aryl methyl sites for hydroxylation is 1. The molecule has 1 aromatic carbocycles. The second kappa shape index (κ2) is 6.41. The summed E-state index contributed by atoms with van der Waals surface area (Å²) in [4.78, 5) is 30.8. The summed E-state index contributed by atoms with van der Waals surface area (Å²) in [5.74, 6) is -1.39. The van der Waals surface area contributed by atoms with Gasteiger partial charge in [0, 0.05) is 6.20 Å². The summed E-state index contributed by atoms with van der Waals surface area (Å²) >= 11 is 0. The molecule has 142 valence electrons. The molecule has 10 heteroatoms. The number of aromatic nitrogens is 6. The Labute approximate surface area is 157 Å². The minimum Gasteiger partial charge on any atom is -0.478 e. The van der Waals surface area contributed by atoms with Crippen LogP contribution in [0.25, 0.3) is 17.0 Å². The molecular formula is C18H15FN6O3. The maximum Gasteiger partial charge on any atom is 0.338 e. The van der Waals surface area contributed by atoms with Crippen LogP contribution in [0, 0.1) is 12.7 Å². The Morgan fingerprint density at radius 2 is 2.00 bits per heavy atom. The molecule has 3 heterocycles. The molecule has 0 radical (unpaired) electrons. The number of carbonyl (C=O) groups is 1. The van der Waals surface area contributed by atoms with Crippen LogP contribution in [0.2, 0.25) is 0 Å². The molecule has 0 aliphatic heterocycles. The van der Waals surface area contributed by atoms with Gasteiger partial charge < -0.3 is 5.11 Å². The summed E-state index contributed by atoms with van der Waals surface area (Å²) in [5, 5.41) is 17.4. The number of carboxylic acid groups (broad SMARTS) is 1. The number of benzene rings is 1. The lowest BCUT2D eigenvalue weighted by Crippen LogP contribution is -2.18. The highest BCUT2D eigenvalue weighted by molar-refractivity contribution is 5.87. The van der Waals surface area contributed by atoms with E-state index >= 15 is 0 Å². The van der Waals surface area contributed by atoms with Crippen molar-refractivity contribution in [1.29, 1.82) is 0 Å². The SMILES string of the molecule is Cc1nn([C@@H](C)c2ccc(F)cc2)c2c(=O)[nH]c(-n3cc(C(=O)O)cn3)nc12. The maximum atomic E-state index is 13.2. The summed E-state index contributed by atoms with van der Waals surface area (Å²) in [6.07, 6.45) is 2.42. The van der Waals surface area contributed by atoms with Crippen LogP contribution < -0.4 is 5.56 Å². The van der Waals surface area contributed by atoms with E-state index in [1.165, 1.54) is 29.2 Å². The Kier molecular flexibility index (Phi) is 4.03. The molecular weight excluding hydrogens is 367 g/mol. The quantitative estimate of drug-likeness (QED) is 0.558. The predicted molar refractivity (Wildman–Crippen MR) is 97.2 cm³/mol. The van der Waals surface area contributed by atoms with E-state index in [9.17, 15) is 14.0 Å². The number of fused-ring (bicyclic) bond motifs is 1. The van der Waals surface area contributed by atoms with Gasteiger partial charge in [0.1, 0.15) is 11.3 Å². The van der Waals surface area contributed by atoms with Crippen LogP contribution in [0.5, 0.6) is 0 Å². The molecule has 0 saturated carbocycles. The summed E-state index contributed by atoms with van der Waals surface area (Å²) in [7, 11) is 0. The molecule has 0 aliphatic carbocycles. The van der Waals surface area contributed by atoms with Gasteiger partial charge in [-0.05, 0) is 31.5 Å². The number of rotatable bonds is 4. The fourth-order valence-corrected chi connectivity index (χ4v) is 3.00. The monoisotopic (exact) mass is 382 g/mol. The fourth-order valence-electron chi connectivity index (χ4n) is 3.00. The van der Waals surface area contributed by atoms with Gasteiger partial charge in [-0.3, -0.25) is 14.5 Å². The number of halogens is 1. The number of H-pyrrole nitrogens is 1. The number of nitrogens with one attached hydrogen (secondary N) is 1. The van der Waals surface area contributed by atoms with E-state index in [0.29, 0.717) is 11.2 Å². The summed E-state index contributed by atoms with van der Waals surface area (Å²) in [6, 6.07) is 5.64. The van der Waals surface area contributed by atoms with Crippen molar-refractivity contribution in [3.05, 3.63) is 69.7 Å². The first-order valence-electron chi connectivity index (χ1n) is 8.38. The van der Waals surface area contributed by atoms with Crippen molar-refractivity contribution >= 4 is 17.0 Å². The molecule has 9 nitrogen and oxygen atoms in total. The average molecular weight is 382 g/mol. The first-order valence-corrected chi connectivity index (χ1v) is 8.38. The van der Waals surface area contributed by atoms with Gasteiger partial charge in [-0.1, -0.05) is 12.1 Å². The van der Waals surface area contributed by atoms with E-state index in [4.69, 9.17) is 5.11 Å². The third kappa shape index (κ3) is 2.84. The molecule has 4 rings (SSSR count). The van der Waals surface area contributed by atoms with E-state index in [0.717, 1.165) is 5.56 Å². The summed E-state index contributed by atoms with van der Waals surface area (Å²) < 4.78 is 15.9. The zero-order valence-electron chi connectivity index (χ0n) is 14.9. The number of hydrogen-bond acceptors (Lipinski definition) is 5. The second-order valence-corrected chi connectivity index (χ2v) is 6.32. The van der Waals surface area contributed by atoms with Gasteiger partial charge in [0.25, 0.3) is 5.56 Å². The van der Waals surface area contributed by atoms with Gasteiger partial charge in [-0.25, -0.2) is 18.9 Å². The topological polar surface area (TPSA) is 119 Å². The van der Waals surface area contributed by atoms with Gasteiger partial charge in [0.05, 0.1) is 23.5 Å². The molecule has 0 bridgehead atoms. The average Bonchev–Trinajstić information content (AvgIpc) is 3.28. The van der Waals surface area contributed by atoms with Crippen LogP contribution in [0.3, 0.4) is 0 Å². The Bertz CT molecular complexity index is 1250. The Morgan fingerprint density at radius 3 is 2.64 bits per heavy atom. The van der Waals surface area contributed by atoms with E-state index in [2.05, 4.69) is 20.2 Å². The van der Waals surface area contributed by atoms with Gasteiger partial charge in [-0.15, -0.1) is 0 Å². The molecule has 0 fully saturated rings. The zero-order valence-corrected chi connectivity index (χ0v) is 14.9. The van der Waals surface area contributed by atoms with Crippen LogP contribution in [-0.4, -0.2) is 40.6 Å². The zero-order chi connectivity index (χ0) is 20.0. The highest BCUT2D eigenvalue weighted by Gasteiger charge is 2.20. The summed E-state index contributed by atoms with van der Waals surface area (Å²) in [5.41, 5.74) is 1.49. The molecule has 3 aromatic heterocycles. The van der Waals surface area contributed by atoms with Crippen molar-refractivity contribution in [1.82, 2.24) is 29.5 Å². The standard InChI is InChI=1S/C18H15FN6O3/c1-9-14-15(25(23-9)10(2)11-3-5-13(19)6-4-11)16(26)22-18(21-14)24-8-12(7-20-24)17(27)28/h3-8,10H,1-2H3,(H,27,28)(H,21,22,26)/t10-/m0/s1. The normalized spacial score (nSPS) is 12.4. The molecule has 0 saturated heterocycles. The van der Waals surface area contributed by atoms with Gasteiger partial charge in [-0.2, -0.15) is 10.2 Å². The molecule has 0 aliphatic rings. The van der Waals surface area contributed by atoms with E-state index in [-0.39, 0.29) is 28.9 Å². The molecule has 1 atom stereocenters. The van der Waals surface area contributed by atoms with Crippen molar-refractivity contribution in [2.45, 2.75) is 19.9 Å². The number of aromatic amines is 1. The molecule has 0 spiro atoms. The molecule has 28 heavy (non-hydrogen) atoms. The third-order valence-electron chi connectivity index (χ3n) is 4.48. The molecule has 4 aromatic rings. The largest absolute Gasteiger partial charge is 0.478 e. The highest BCUT2D eigenvalue weighted by Crippen LogP contribution is 2.23. The number of carboxylic acids is 1. The Hall–Kier alpha value is -3.82. The highest BCUT2D eigenvalue weighted by atomic mass is 19.1. The van der Waals surface area contributed by atoms with Crippen molar-refractivity contribution in [2.24, 2.45) is 0 Å². The Morgan fingerprint density at radius 1 is 1.29 bits per heavy atom. The van der Waals surface area contributed by atoms with Crippen LogP contribution in [-0.2, 0) is 0 Å². The third-order valence-corrected chi connectivity index (χ3v) is 4.48. The number of nitrogens with zero attached hydrogens (tertiary/aromatic N) is 5. The minimum atomic E-state index is -1.13. The van der Waals surface area contributed by atoms with Gasteiger partial charge in [0.2, 0.25) is 5.95 Å². The molecule has 2 N–H and O–H groups in total. The van der Waals surface area contributed by atoms with Crippen LogP contribution in [0.15, 0.2) is 41.5 Å². The first-order chi connectivity index (χ1) is 13.3. The second-order valence-electron chi connectivity index (χ2n) is 6.32. The van der Waals surface area contributed by atoms with Crippen molar-refractivity contribution in [3.63, 3.8) is 0 Å². The maximum absolute atomic E-state index is 13.2. The fraction of sp³-hybridized carbons (Fsp3) is 0.167. The van der Waals surface area contributed by atoms with Crippen molar-refractivity contribution < 1.29 is 14.3 Å². The van der Waals surface area contributed by atoms with E-state index in [1.54, 1.807) is 23.7 Å². The lowest BCUT2D eigenvalue weighted by molar-refractivity contribution is 0.0697. The predicted octanol–water partition coefficient (Wildman–Crippen LogP) is 2.06. The Balaban J connectivity index is 1.84. The smallest absolute Gasteiger partial charge is 0.338 e. The first kappa shape index (κ1) is 17.6. The lowest BCUT2D eigenvalue weighted by atomic mass is 10.1. The number of hydrogen-bond donors (Lipinski definition) is 2. The van der Waals surface area contributed by atoms with Gasteiger partial charge in [0.15, 0.2) is 5.52 Å². The van der Waals surface area contributed by atoms with E-state index in [1.807, 2.05) is 6.92 Å². The van der Waals surface area contributed by atoms with E-state index < -0.39 is 11.5 Å². The lowest BCUT2D eigenvalue weighted by Gasteiger charge is -2.13. The minimum absolute atomic E-state index is 0.0277. The number of aromatic carboxylic acids is 1. The van der Waals surface area contributed by atoms with Crippen LogP contribution in [0.4, 0.5) is 4.39 Å². The molecule has 0 unspecified atom stereocenters. The van der Waals surface area contributed by atoms with Crippen molar-refractivity contribution in [2.75, 3.05) is 0 Å². The van der Waals surface area contributed by atoms with Crippen LogP contribution in [0.1, 0.15) is 34.6 Å². The van der Waals surface area contributed by atoms with Crippen LogP contribution >= 0.6 is 0 Å².